The maximum atomic E-state index is 6.11. The molecule has 1 aromatic carbocycles. The molecule has 2 nitrogen and oxygen atoms in total. The van der Waals surface area contributed by atoms with Crippen molar-refractivity contribution in [3.63, 3.8) is 0 Å². The fourth-order valence-corrected chi connectivity index (χ4v) is 3.27. The molecule has 1 aromatic rings. The molecule has 0 amide bonds. The highest BCUT2D eigenvalue weighted by atomic mass is 35.5. The number of benzene rings is 1. The predicted octanol–water partition coefficient (Wildman–Crippen LogP) is 4.41. The second-order valence-corrected chi connectivity index (χ2v) is 6.45. The summed E-state index contributed by atoms with van der Waals surface area (Å²) in [5.41, 5.74) is 0.0566. The first-order valence-electron chi connectivity index (χ1n) is 5.84. The van der Waals surface area contributed by atoms with Gasteiger partial charge in [-0.1, -0.05) is 48.7 Å². The van der Waals surface area contributed by atoms with Gasteiger partial charge >= 0.3 is 0 Å². The van der Waals surface area contributed by atoms with E-state index in [1.165, 1.54) is 0 Å². The van der Waals surface area contributed by atoms with Crippen LogP contribution in [-0.4, -0.2) is 19.2 Å². The summed E-state index contributed by atoms with van der Waals surface area (Å²) < 4.78 is 5.95. The minimum absolute atomic E-state index is 0.0566. The molecule has 5 heteroatoms. The molecule has 18 heavy (non-hydrogen) atoms. The largest absolute Gasteiger partial charge is 0.487 e. The summed E-state index contributed by atoms with van der Waals surface area (Å²) in [5.74, 6) is 0.523. The Morgan fingerprint density at radius 1 is 1.22 bits per heavy atom. The summed E-state index contributed by atoms with van der Waals surface area (Å²) >= 11 is 18.1. The van der Waals surface area contributed by atoms with Crippen LogP contribution in [0.4, 0.5) is 0 Å². The third-order valence-electron chi connectivity index (χ3n) is 3.75. The van der Waals surface area contributed by atoms with Crippen LogP contribution in [0.5, 0.6) is 5.75 Å². The highest BCUT2D eigenvalue weighted by molar-refractivity contribution is 6.40. The normalized spacial score (nSPS) is 25.7. The Labute approximate surface area is 123 Å². The summed E-state index contributed by atoms with van der Waals surface area (Å²) in [6, 6.07) is 3.74. The second kappa shape index (κ2) is 5.09. The molecular weight excluding hydrogens is 293 g/mol. The maximum absolute atomic E-state index is 6.11. The van der Waals surface area contributed by atoms with Crippen molar-refractivity contribution in [1.82, 2.24) is 5.32 Å². The lowest BCUT2D eigenvalue weighted by Gasteiger charge is -2.51. The standard InChI is InChI=1S/C13H16Cl3NO/c1-13(2)10(17-3)6-11(13)18-12-8(15)4-7(14)5-9(12)16/h4-5,10-11,17H,6H2,1-3H3. The van der Waals surface area contributed by atoms with E-state index in [9.17, 15) is 0 Å². The van der Waals surface area contributed by atoms with Gasteiger partial charge in [0.1, 0.15) is 6.10 Å². The van der Waals surface area contributed by atoms with Crippen LogP contribution in [0.1, 0.15) is 20.3 Å². The van der Waals surface area contributed by atoms with Gasteiger partial charge in [-0.05, 0) is 19.2 Å². The Hall–Kier alpha value is -0.150. The van der Waals surface area contributed by atoms with Crippen molar-refractivity contribution in [2.75, 3.05) is 7.05 Å². The van der Waals surface area contributed by atoms with Gasteiger partial charge in [-0.25, -0.2) is 0 Å². The first-order chi connectivity index (χ1) is 8.36. The molecule has 0 bridgehead atoms. The van der Waals surface area contributed by atoms with Crippen LogP contribution in [0.15, 0.2) is 12.1 Å². The van der Waals surface area contributed by atoms with Crippen LogP contribution < -0.4 is 10.1 Å². The van der Waals surface area contributed by atoms with Crippen LogP contribution in [0, 0.1) is 5.41 Å². The molecule has 100 valence electrons. The van der Waals surface area contributed by atoms with Crippen molar-refractivity contribution in [2.45, 2.75) is 32.4 Å². The quantitative estimate of drug-likeness (QED) is 0.893. The number of hydrogen-bond acceptors (Lipinski definition) is 2. The van der Waals surface area contributed by atoms with Crippen LogP contribution in [0.25, 0.3) is 0 Å². The lowest BCUT2D eigenvalue weighted by molar-refractivity contribution is -0.0519. The van der Waals surface area contributed by atoms with E-state index in [0.717, 1.165) is 6.42 Å². The second-order valence-electron chi connectivity index (χ2n) is 5.20. The number of nitrogens with one attached hydrogen (secondary N) is 1. The summed E-state index contributed by atoms with van der Waals surface area (Å²) in [6.07, 6.45) is 1.05. The van der Waals surface area contributed by atoms with E-state index in [-0.39, 0.29) is 11.5 Å². The fourth-order valence-electron chi connectivity index (χ4n) is 2.36. The minimum atomic E-state index is 0.0566. The molecule has 2 unspecified atom stereocenters. The summed E-state index contributed by atoms with van der Waals surface area (Å²) in [5, 5.41) is 4.70. The Balaban J connectivity index is 2.17. The zero-order chi connectivity index (χ0) is 13.5. The smallest absolute Gasteiger partial charge is 0.157 e. The Morgan fingerprint density at radius 3 is 2.22 bits per heavy atom. The summed E-state index contributed by atoms with van der Waals surface area (Å²) in [7, 11) is 1.96. The average molecular weight is 309 g/mol. The van der Waals surface area contributed by atoms with Crippen LogP contribution in [0.3, 0.4) is 0 Å². The van der Waals surface area contributed by atoms with E-state index in [0.29, 0.717) is 26.9 Å². The molecular formula is C13H16Cl3NO. The van der Waals surface area contributed by atoms with Crippen molar-refractivity contribution in [1.29, 1.82) is 0 Å². The zero-order valence-corrected chi connectivity index (χ0v) is 12.8. The van der Waals surface area contributed by atoms with Crippen LogP contribution >= 0.6 is 34.8 Å². The summed E-state index contributed by atoms with van der Waals surface area (Å²) in [4.78, 5) is 0. The molecule has 0 aromatic heterocycles. The third kappa shape index (κ3) is 2.44. The van der Waals surface area contributed by atoms with Gasteiger partial charge < -0.3 is 10.1 Å². The predicted molar refractivity (Wildman–Crippen MR) is 77.1 cm³/mol. The molecule has 0 saturated heterocycles. The van der Waals surface area contributed by atoms with Crippen molar-refractivity contribution in [2.24, 2.45) is 5.41 Å². The van der Waals surface area contributed by atoms with E-state index in [1.54, 1.807) is 12.1 Å². The number of hydrogen-bond donors (Lipinski definition) is 1. The first kappa shape index (κ1) is 14.3. The third-order valence-corrected chi connectivity index (χ3v) is 4.53. The molecule has 1 aliphatic rings. The SMILES string of the molecule is CNC1CC(Oc2c(Cl)cc(Cl)cc2Cl)C1(C)C. The van der Waals surface area contributed by atoms with Gasteiger partial charge in [0.25, 0.3) is 0 Å². The van der Waals surface area contributed by atoms with Gasteiger partial charge in [0, 0.05) is 22.9 Å². The molecule has 1 N–H and O–H groups in total. The summed E-state index contributed by atoms with van der Waals surface area (Å²) in [6.45, 7) is 4.33. The van der Waals surface area contributed by atoms with Gasteiger partial charge in [0.2, 0.25) is 0 Å². The highest BCUT2D eigenvalue weighted by Crippen LogP contribution is 2.46. The zero-order valence-electron chi connectivity index (χ0n) is 10.6. The molecule has 0 aliphatic heterocycles. The van der Waals surface area contributed by atoms with Gasteiger partial charge in [0.05, 0.1) is 10.0 Å². The number of halogens is 3. The van der Waals surface area contributed by atoms with Crippen molar-refractivity contribution in [3.8, 4) is 5.75 Å². The van der Waals surface area contributed by atoms with E-state index >= 15 is 0 Å². The lowest BCUT2D eigenvalue weighted by atomic mass is 9.64. The van der Waals surface area contributed by atoms with E-state index in [2.05, 4.69) is 19.2 Å². The first-order valence-corrected chi connectivity index (χ1v) is 6.98. The topological polar surface area (TPSA) is 21.3 Å². The molecule has 2 rings (SSSR count). The van der Waals surface area contributed by atoms with Gasteiger partial charge in [-0.3, -0.25) is 0 Å². The number of ether oxygens (including phenoxy) is 1. The van der Waals surface area contributed by atoms with Gasteiger partial charge in [-0.2, -0.15) is 0 Å². The number of rotatable bonds is 3. The van der Waals surface area contributed by atoms with Crippen molar-refractivity contribution >= 4 is 34.8 Å². The molecule has 0 spiro atoms. The van der Waals surface area contributed by atoms with Gasteiger partial charge in [0.15, 0.2) is 5.75 Å². The average Bonchev–Trinajstić information content (AvgIpc) is 2.25. The molecule has 1 aliphatic carbocycles. The maximum Gasteiger partial charge on any atom is 0.157 e. The van der Waals surface area contributed by atoms with Crippen molar-refractivity contribution in [3.05, 3.63) is 27.2 Å². The molecule has 1 saturated carbocycles. The van der Waals surface area contributed by atoms with Crippen LogP contribution in [-0.2, 0) is 0 Å². The highest BCUT2D eigenvalue weighted by Gasteiger charge is 2.49. The molecule has 0 heterocycles. The molecule has 2 atom stereocenters. The monoisotopic (exact) mass is 307 g/mol. The van der Waals surface area contributed by atoms with E-state index in [4.69, 9.17) is 39.5 Å². The molecule has 1 fully saturated rings. The van der Waals surface area contributed by atoms with E-state index in [1.807, 2.05) is 7.05 Å². The van der Waals surface area contributed by atoms with Crippen LogP contribution in [0.2, 0.25) is 15.1 Å². The van der Waals surface area contributed by atoms with Crippen molar-refractivity contribution < 1.29 is 4.74 Å². The minimum Gasteiger partial charge on any atom is -0.487 e. The Kier molecular flexibility index (Phi) is 4.03. The van der Waals surface area contributed by atoms with E-state index < -0.39 is 0 Å². The Morgan fingerprint density at radius 2 is 1.78 bits per heavy atom. The lowest BCUT2D eigenvalue weighted by Crippen LogP contribution is -2.61. The van der Waals surface area contributed by atoms with Gasteiger partial charge in [-0.15, -0.1) is 0 Å². The Bertz CT molecular complexity index is 439. The molecule has 0 radical (unpaired) electrons. The fraction of sp³-hybridized carbons (Fsp3) is 0.538.